The predicted molar refractivity (Wildman–Crippen MR) is 182 cm³/mol. The van der Waals surface area contributed by atoms with Crippen molar-refractivity contribution in [2.24, 2.45) is 0 Å². The minimum Gasteiger partial charge on any atom is -0.444 e. The number of hydrogen-bond acceptors (Lipinski definition) is 12. The van der Waals surface area contributed by atoms with E-state index in [-0.39, 0.29) is 56.7 Å². The zero-order valence-corrected chi connectivity index (χ0v) is 28.9. The molecule has 15 heteroatoms. The number of carbonyl (C=O) groups is 1. The Morgan fingerprint density at radius 2 is 1.98 bits per heavy atom. The highest BCUT2D eigenvalue weighted by molar-refractivity contribution is 7.23. The molecule has 1 aromatic carbocycles. The molecule has 12 nitrogen and oxygen atoms in total. The second kappa shape index (κ2) is 13.0. The molecule has 0 bridgehead atoms. The van der Waals surface area contributed by atoms with Gasteiger partial charge in [0.25, 0.3) is 0 Å². The van der Waals surface area contributed by atoms with Gasteiger partial charge in [0.05, 0.1) is 48.1 Å². The number of aromatic nitrogens is 3. The molecule has 3 aliphatic rings. The summed E-state index contributed by atoms with van der Waals surface area (Å²) < 4.78 is 49.4. The van der Waals surface area contributed by atoms with Crippen molar-refractivity contribution in [3.63, 3.8) is 0 Å². The first-order valence-corrected chi connectivity index (χ1v) is 17.1. The summed E-state index contributed by atoms with van der Waals surface area (Å²) in [6, 6.07) is 2.37. The van der Waals surface area contributed by atoms with Crippen LogP contribution in [0.2, 0.25) is 0 Å². The lowest BCUT2D eigenvalue weighted by Gasteiger charge is -2.37. The zero-order chi connectivity index (χ0) is 34.6. The maximum absolute atomic E-state index is 17.0. The van der Waals surface area contributed by atoms with Crippen molar-refractivity contribution in [3.8, 4) is 17.3 Å². The molecule has 258 valence electrons. The Balaban J connectivity index is 1.27. The standard InChI is InChI=1S/C34H38F2N8O4S/c1-34(2,3)48-33(45)41-31-20(10-37)26-29(38-12-24(35)30(26)49-31)25-23-17-46-16-22(23)21-11-39-32(40-28(21)27(25)36)44-7-6-18(13-44)43-8-9-47-19(15-43)14-42(4)5/h11-12,18-19H,6-9,13-17H2,1-5H3,(H,41,45)/t18-,19?/m0/s1. The van der Waals surface area contributed by atoms with Crippen LogP contribution in [0.3, 0.4) is 0 Å². The number of nitrogens with zero attached hydrogens (tertiary/aromatic N) is 7. The van der Waals surface area contributed by atoms with Crippen molar-refractivity contribution in [1.82, 2.24) is 24.8 Å². The van der Waals surface area contributed by atoms with Gasteiger partial charge in [-0.25, -0.2) is 23.5 Å². The molecule has 0 saturated carbocycles. The first-order chi connectivity index (χ1) is 23.4. The Morgan fingerprint density at radius 3 is 2.73 bits per heavy atom. The number of halogens is 2. The lowest BCUT2D eigenvalue weighted by Crippen LogP contribution is -2.51. The minimum absolute atomic E-state index is 0.0394. The zero-order valence-electron chi connectivity index (χ0n) is 28.1. The van der Waals surface area contributed by atoms with Gasteiger partial charge < -0.3 is 24.0 Å². The molecule has 2 saturated heterocycles. The normalized spacial score (nSPS) is 19.9. The number of likely N-dealkylation sites (N-methyl/N-ethyl adjacent to an activating group) is 1. The Kier molecular flexibility index (Phi) is 8.87. The average Bonchev–Trinajstić information content (AvgIpc) is 3.80. The molecule has 4 aromatic rings. The SMILES string of the molecule is CN(C)CC1CN([C@H]2CCN(c3ncc4c5c(c(-c6ncc(F)c7sc(NC(=O)OC(C)(C)C)c(C#N)c67)c(F)c4n3)COC5)C2)CCO1. The first kappa shape index (κ1) is 33.4. The highest BCUT2D eigenvalue weighted by atomic mass is 32.1. The highest BCUT2D eigenvalue weighted by Gasteiger charge is 2.35. The van der Waals surface area contributed by atoms with Gasteiger partial charge in [-0.1, -0.05) is 0 Å². The summed E-state index contributed by atoms with van der Waals surface area (Å²) in [6.07, 6.45) is 2.92. The van der Waals surface area contributed by atoms with E-state index in [0.29, 0.717) is 36.1 Å². The van der Waals surface area contributed by atoms with Crippen molar-refractivity contribution >= 4 is 49.4 Å². The number of nitriles is 1. The number of benzene rings is 1. The summed E-state index contributed by atoms with van der Waals surface area (Å²) in [5.74, 6) is -0.935. The van der Waals surface area contributed by atoms with E-state index >= 15 is 8.78 Å². The van der Waals surface area contributed by atoms with Crippen LogP contribution in [-0.2, 0) is 27.4 Å². The number of pyridine rings is 1. The van der Waals surface area contributed by atoms with Crippen LogP contribution in [0.1, 0.15) is 43.9 Å². The lowest BCUT2D eigenvalue weighted by molar-refractivity contribution is -0.0489. The van der Waals surface area contributed by atoms with Gasteiger partial charge >= 0.3 is 6.09 Å². The number of fused-ring (bicyclic) bond motifs is 4. The maximum atomic E-state index is 17.0. The fraction of sp³-hybridized carbons (Fsp3) is 0.500. The Labute approximate surface area is 286 Å². The predicted octanol–water partition coefficient (Wildman–Crippen LogP) is 5.27. The second-order valence-electron chi connectivity index (χ2n) is 13.9. The number of anilines is 2. The second-order valence-corrected chi connectivity index (χ2v) is 14.9. The first-order valence-electron chi connectivity index (χ1n) is 16.3. The maximum Gasteiger partial charge on any atom is 0.412 e. The van der Waals surface area contributed by atoms with Crippen molar-refractivity contribution in [2.45, 2.75) is 58.2 Å². The number of thiophene rings is 1. The van der Waals surface area contributed by atoms with Gasteiger partial charge in [-0.05, 0) is 52.4 Å². The van der Waals surface area contributed by atoms with Gasteiger partial charge in [0, 0.05) is 61.3 Å². The molecular weight excluding hydrogens is 654 g/mol. The molecule has 2 atom stereocenters. The van der Waals surface area contributed by atoms with E-state index in [0.717, 1.165) is 55.7 Å². The van der Waals surface area contributed by atoms with E-state index in [1.54, 1.807) is 27.0 Å². The molecular formula is C34H38F2N8O4S. The molecule has 0 aliphatic carbocycles. The third-order valence-corrected chi connectivity index (χ3v) is 10.1. The molecule has 1 amide bonds. The Hall–Kier alpha value is -4.07. The number of morpholine rings is 1. The molecule has 1 N–H and O–H groups in total. The highest BCUT2D eigenvalue weighted by Crippen LogP contribution is 2.46. The van der Waals surface area contributed by atoms with Crippen molar-refractivity contribution < 1.29 is 27.8 Å². The van der Waals surface area contributed by atoms with Crippen LogP contribution in [0.25, 0.3) is 32.2 Å². The number of hydrogen-bond donors (Lipinski definition) is 1. The van der Waals surface area contributed by atoms with Crippen LogP contribution < -0.4 is 10.2 Å². The van der Waals surface area contributed by atoms with Crippen molar-refractivity contribution in [2.75, 3.05) is 63.6 Å². The van der Waals surface area contributed by atoms with Crippen LogP contribution >= 0.6 is 11.3 Å². The van der Waals surface area contributed by atoms with E-state index < -0.39 is 23.3 Å². The molecule has 3 aromatic heterocycles. The molecule has 1 unspecified atom stereocenters. The molecule has 0 spiro atoms. The third kappa shape index (κ3) is 6.39. The minimum atomic E-state index is -0.799. The van der Waals surface area contributed by atoms with E-state index in [1.165, 1.54) is 0 Å². The molecule has 6 heterocycles. The van der Waals surface area contributed by atoms with Crippen LogP contribution in [0.5, 0.6) is 0 Å². The Bertz CT molecular complexity index is 1990. The summed E-state index contributed by atoms with van der Waals surface area (Å²) >= 11 is 0.865. The molecule has 49 heavy (non-hydrogen) atoms. The van der Waals surface area contributed by atoms with Gasteiger partial charge in [-0.15, -0.1) is 11.3 Å². The van der Waals surface area contributed by atoms with E-state index in [1.807, 2.05) is 14.1 Å². The number of nitrogens with one attached hydrogen (secondary N) is 1. The molecule has 7 rings (SSSR count). The van der Waals surface area contributed by atoms with E-state index in [4.69, 9.17) is 19.2 Å². The Morgan fingerprint density at radius 1 is 1.18 bits per heavy atom. The van der Waals surface area contributed by atoms with Crippen molar-refractivity contribution in [1.29, 1.82) is 5.26 Å². The summed E-state index contributed by atoms with van der Waals surface area (Å²) in [6.45, 7) is 10.1. The summed E-state index contributed by atoms with van der Waals surface area (Å²) in [5, 5.41) is 13.5. The number of ether oxygens (including phenoxy) is 3. The summed E-state index contributed by atoms with van der Waals surface area (Å²) in [7, 11) is 4.09. The van der Waals surface area contributed by atoms with Gasteiger partial charge in [0.2, 0.25) is 5.95 Å². The molecule has 2 fully saturated rings. The van der Waals surface area contributed by atoms with E-state index in [9.17, 15) is 10.1 Å². The fourth-order valence-corrected chi connectivity index (χ4v) is 8.01. The molecule has 3 aliphatic heterocycles. The third-order valence-electron chi connectivity index (χ3n) is 9.02. The van der Waals surface area contributed by atoms with Crippen LogP contribution in [-0.4, -0.2) is 102 Å². The quantitative estimate of drug-likeness (QED) is 0.284. The average molecular weight is 693 g/mol. The monoisotopic (exact) mass is 692 g/mol. The number of carbonyl (C=O) groups excluding carboxylic acids is 1. The molecule has 0 radical (unpaired) electrons. The van der Waals surface area contributed by atoms with Crippen LogP contribution in [0, 0.1) is 23.0 Å². The largest absolute Gasteiger partial charge is 0.444 e. The summed E-state index contributed by atoms with van der Waals surface area (Å²) in [4.78, 5) is 33.1. The fourth-order valence-electron chi connectivity index (χ4n) is 6.97. The topological polar surface area (TPSA) is 129 Å². The number of amides is 1. The van der Waals surface area contributed by atoms with Gasteiger partial charge in [-0.3, -0.25) is 15.2 Å². The van der Waals surface area contributed by atoms with Crippen LogP contribution in [0.15, 0.2) is 12.4 Å². The number of rotatable bonds is 6. The van der Waals surface area contributed by atoms with Crippen LogP contribution in [0.4, 0.5) is 24.5 Å². The smallest absolute Gasteiger partial charge is 0.412 e. The van der Waals surface area contributed by atoms with Gasteiger partial charge in [-0.2, -0.15) is 5.26 Å². The van der Waals surface area contributed by atoms with Gasteiger partial charge in [0.15, 0.2) is 11.6 Å². The van der Waals surface area contributed by atoms with Crippen molar-refractivity contribution in [3.05, 3.63) is 40.7 Å². The van der Waals surface area contributed by atoms with E-state index in [2.05, 4.69) is 36.1 Å². The summed E-state index contributed by atoms with van der Waals surface area (Å²) in [5.41, 5.74) is 0.689. The van der Waals surface area contributed by atoms with Gasteiger partial charge in [0.1, 0.15) is 22.2 Å². The lowest BCUT2D eigenvalue weighted by atomic mass is 9.94.